The fourth-order valence-corrected chi connectivity index (χ4v) is 6.54. The Morgan fingerprint density at radius 1 is 0.950 bits per heavy atom. The summed E-state index contributed by atoms with van der Waals surface area (Å²) in [5.74, 6) is -0.776. The van der Waals surface area contributed by atoms with E-state index in [4.69, 9.17) is 11.6 Å². The molecule has 1 N–H and O–H groups in total. The number of benzene rings is 3. The van der Waals surface area contributed by atoms with Crippen LogP contribution in [0.1, 0.15) is 49.3 Å². The molecule has 40 heavy (non-hydrogen) atoms. The van der Waals surface area contributed by atoms with Crippen LogP contribution in [-0.2, 0) is 26.2 Å². The molecule has 0 radical (unpaired) electrons. The molecule has 0 spiro atoms. The van der Waals surface area contributed by atoms with Gasteiger partial charge in [-0.05, 0) is 75.1 Å². The molecule has 9 heteroatoms. The van der Waals surface area contributed by atoms with Crippen LogP contribution in [0.5, 0.6) is 0 Å². The number of halogens is 1. The van der Waals surface area contributed by atoms with E-state index in [1.165, 1.54) is 17.0 Å². The molecule has 1 fully saturated rings. The highest BCUT2D eigenvalue weighted by Gasteiger charge is 2.33. The maximum Gasteiger partial charge on any atom is 0.264 e. The first-order valence-corrected chi connectivity index (χ1v) is 15.4. The minimum Gasteiger partial charge on any atom is -0.352 e. The molecule has 1 unspecified atom stereocenters. The Morgan fingerprint density at radius 2 is 1.62 bits per heavy atom. The maximum absolute atomic E-state index is 14.0. The van der Waals surface area contributed by atoms with E-state index in [2.05, 4.69) is 5.32 Å². The average Bonchev–Trinajstić information content (AvgIpc) is 3.44. The fraction of sp³-hybridized carbons (Fsp3) is 0.355. The van der Waals surface area contributed by atoms with Crippen molar-refractivity contribution in [2.24, 2.45) is 0 Å². The predicted octanol–water partition coefficient (Wildman–Crippen LogP) is 5.63. The van der Waals surface area contributed by atoms with Gasteiger partial charge in [-0.15, -0.1) is 0 Å². The Hall–Kier alpha value is -3.36. The van der Waals surface area contributed by atoms with Gasteiger partial charge in [0, 0.05) is 17.6 Å². The van der Waals surface area contributed by atoms with Gasteiger partial charge in [0.05, 0.1) is 10.6 Å². The molecule has 1 aliphatic carbocycles. The lowest BCUT2D eigenvalue weighted by atomic mass is 10.1. The third kappa shape index (κ3) is 7.04. The van der Waals surface area contributed by atoms with Gasteiger partial charge in [-0.1, -0.05) is 72.5 Å². The van der Waals surface area contributed by atoms with Crippen molar-refractivity contribution in [1.82, 2.24) is 10.2 Å². The van der Waals surface area contributed by atoms with Crippen molar-refractivity contribution in [1.29, 1.82) is 0 Å². The normalized spacial score (nSPS) is 14.5. The number of carbonyl (C=O) groups excluding carboxylic acids is 2. The van der Waals surface area contributed by atoms with Gasteiger partial charge >= 0.3 is 0 Å². The monoisotopic (exact) mass is 581 g/mol. The highest BCUT2D eigenvalue weighted by Crippen LogP contribution is 2.26. The third-order valence-corrected chi connectivity index (χ3v) is 9.50. The van der Waals surface area contributed by atoms with Crippen molar-refractivity contribution in [2.75, 3.05) is 10.8 Å². The van der Waals surface area contributed by atoms with E-state index in [1.54, 1.807) is 55.5 Å². The number of carbonyl (C=O) groups is 2. The molecule has 1 aliphatic rings. The topological polar surface area (TPSA) is 86.8 Å². The lowest BCUT2D eigenvalue weighted by Crippen LogP contribution is -2.52. The zero-order valence-corrected chi connectivity index (χ0v) is 24.7. The van der Waals surface area contributed by atoms with Crippen LogP contribution in [0.4, 0.5) is 5.69 Å². The van der Waals surface area contributed by atoms with Crippen LogP contribution >= 0.6 is 11.6 Å². The highest BCUT2D eigenvalue weighted by atomic mass is 35.5. The standard InChI is InChI=1S/C31H36ClN3O4S/c1-22-15-17-28(18-16-22)40(38,39)35(27-13-8-9-23(2)19-27)21-30(36)34(20-25-10-4-7-14-29(25)32)24(3)31(37)33-26-11-5-6-12-26/h4,7-10,13-19,24,26H,5-6,11-12,20-21H2,1-3H3,(H,33,37). The van der Waals surface area contributed by atoms with E-state index >= 15 is 0 Å². The van der Waals surface area contributed by atoms with E-state index in [0.29, 0.717) is 16.3 Å². The summed E-state index contributed by atoms with van der Waals surface area (Å²) in [6.45, 7) is 4.99. The molecule has 1 atom stereocenters. The second-order valence-electron chi connectivity index (χ2n) is 10.4. The minimum atomic E-state index is -4.10. The maximum atomic E-state index is 14.0. The Kier molecular flexibility index (Phi) is 9.53. The molecule has 4 rings (SSSR count). The molecule has 7 nitrogen and oxygen atoms in total. The Morgan fingerprint density at radius 3 is 2.27 bits per heavy atom. The molecule has 0 bridgehead atoms. The van der Waals surface area contributed by atoms with Crippen LogP contribution < -0.4 is 9.62 Å². The van der Waals surface area contributed by atoms with E-state index < -0.39 is 28.5 Å². The molecule has 0 heterocycles. The Bertz CT molecular complexity index is 1450. The minimum absolute atomic E-state index is 0.0595. The summed E-state index contributed by atoms with van der Waals surface area (Å²) >= 11 is 6.43. The van der Waals surface area contributed by atoms with Gasteiger partial charge in [-0.25, -0.2) is 8.42 Å². The van der Waals surface area contributed by atoms with Gasteiger partial charge in [-0.2, -0.15) is 0 Å². The second kappa shape index (κ2) is 12.9. The average molecular weight is 582 g/mol. The van der Waals surface area contributed by atoms with Crippen LogP contribution in [0.3, 0.4) is 0 Å². The molecule has 3 aromatic carbocycles. The van der Waals surface area contributed by atoms with Crippen molar-refractivity contribution in [3.8, 4) is 0 Å². The predicted molar refractivity (Wildman–Crippen MR) is 159 cm³/mol. The number of anilines is 1. The summed E-state index contributed by atoms with van der Waals surface area (Å²) < 4.78 is 28.9. The van der Waals surface area contributed by atoms with Crippen LogP contribution in [0, 0.1) is 13.8 Å². The molecule has 1 saturated carbocycles. The van der Waals surface area contributed by atoms with Crippen LogP contribution in [0.15, 0.2) is 77.7 Å². The molecule has 0 aliphatic heterocycles. The summed E-state index contributed by atoms with van der Waals surface area (Å²) in [4.78, 5) is 28.8. The molecule has 2 amide bonds. The number of aryl methyl sites for hydroxylation is 2. The number of sulfonamides is 1. The van der Waals surface area contributed by atoms with Crippen molar-refractivity contribution in [3.05, 3.63) is 94.5 Å². The summed E-state index contributed by atoms with van der Waals surface area (Å²) in [6, 6.07) is 19.9. The summed E-state index contributed by atoms with van der Waals surface area (Å²) in [7, 11) is -4.10. The van der Waals surface area contributed by atoms with Crippen LogP contribution in [0.25, 0.3) is 0 Å². The Labute approximate surface area is 242 Å². The molecule has 212 valence electrons. The number of amides is 2. The van der Waals surface area contributed by atoms with Crippen LogP contribution in [0.2, 0.25) is 5.02 Å². The third-order valence-electron chi connectivity index (χ3n) is 7.34. The molecule has 3 aromatic rings. The van der Waals surface area contributed by atoms with Crippen LogP contribution in [-0.4, -0.2) is 43.8 Å². The van der Waals surface area contributed by atoms with Gasteiger partial charge in [0.25, 0.3) is 10.0 Å². The molecule has 0 saturated heterocycles. The molecular formula is C31H36ClN3O4S. The quantitative estimate of drug-likeness (QED) is 0.336. The SMILES string of the molecule is Cc1ccc(S(=O)(=O)N(CC(=O)N(Cc2ccccc2Cl)C(C)C(=O)NC2CCCC2)c2cccc(C)c2)cc1. The highest BCUT2D eigenvalue weighted by molar-refractivity contribution is 7.92. The van der Waals surface area contributed by atoms with Gasteiger partial charge in [0.2, 0.25) is 11.8 Å². The first-order chi connectivity index (χ1) is 19.1. The van der Waals surface area contributed by atoms with Crippen molar-refractivity contribution < 1.29 is 18.0 Å². The fourth-order valence-electron chi connectivity index (χ4n) is 4.93. The van der Waals surface area contributed by atoms with Crippen molar-refractivity contribution in [2.45, 2.75) is 70.0 Å². The lowest BCUT2D eigenvalue weighted by Gasteiger charge is -2.32. The number of rotatable bonds is 10. The summed E-state index contributed by atoms with van der Waals surface area (Å²) in [5, 5.41) is 3.53. The summed E-state index contributed by atoms with van der Waals surface area (Å²) in [5.41, 5.74) is 2.81. The molecule has 0 aromatic heterocycles. The molecular weight excluding hydrogens is 546 g/mol. The van der Waals surface area contributed by atoms with Gasteiger partial charge < -0.3 is 10.2 Å². The first-order valence-electron chi connectivity index (χ1n) is 13.6. The summed E-state index contributed by atoms with van der Waals surface area (Å²) in [6.07, 6.45) is 3.94. The van der Waals surface area contributed by atoms with E-state index in [0.717, 1.165) is 41.1 Å². The number of nitrogens with zero attached hydrogens (tertiary/aromatic N) is 2. The largest absolute Gasteiger partial charge is 0.352 e. The van der Waals surface area contributed by atoms with E-state index in [-0.39, 0.29) is 23.4 Å². The van der Waals surface area contributed by atoms with E-state index in [9.17, 15) is 18.0 Å². The number of hydrogen-bond acceptors (Lipinski definition) is 4. The van der Waals surface area contributed by atoms with Gasteiger partial charge in [0.15, 0.2) is 0 Å². The zero-order valence-electron chi connectivity index (χ0n) is 23.1. The van der Waals surface area contributed by atoms with Crippen molar-refractivity contribution in [3.63, 3.8) is 0 Å². The Balaban J connectivity index is 1.69. The smallest absolute Gasteiger partial charge is 0.264 e. The lowest BCUT2D eigenvalue weighted by molar-refractivity contribution is -0.139. The van der Waals surface area contributed by atoms with Gasteiger partial charge in [0.1, 0.15) is 12.6 Å². The second-order valence-corrected chi connectivity index (χ2v) is 12.7. The van der Waals surface area contributed by atoms with Gasteiger partial charge in [-0.3, -0.25) is 13.9 Å². The first kappa shape index (κ1) is 29.6. The van der Waals surface area contributed by atoms with E-state index in [1.807, 2.05) is 26.0 Å². The number of nitrogens with one attached hydrogen (secondary N) is 1. The van der Waals surface area contributed by atoms with Crippen molar-refractivity contribution >= 4 is 39.1 Å². The zero-order chi connectivity index (χ0) is 28.9. The number of hydrogen-bond donors (Lipinski definition) is 1.